The summed E-state index contributed by atoms with van der Waals surface area (Å²) in [6.45, 7) is 1.49. The Morgan fingerprint density at radius 3 is 2.75 bits per heavy atom. The van der Waals surface area contributed by atoms with Gasteiger partial charge in [-0.25, -0.2) is 0 Å². The Morgan fingerprint density at radius 2 is 2.25 bits per heavy atom. The van der Waals surface area contributed by atoms with Crippen molar-refractivity contribution in [1.29, 1.82) is 5.41 Å². The summed E-state index contributed by atoms with van der Waals surface area (Å²) in [6.07, 6.45) is 0. The molecule has 1 rings (SSSR count). The summed E-state index contributed by atoms with van der Waals surface area (Å²) in [7, 11) is 3.67. The quantitative estimate of drug-likeness (QED) is 0.641. The van der Waals surface area contributed by atoms with Crippen molar-refractivity contribution < 1.29 is 4.74 Å². The van der Waals surface area contributed by atoms with E-state index in [4.69, 9.17) is 15.9 Å². The molecule has 0 unspecified atom stereocenters. The molecule has 0 aliphatic carbocycles. The molecule has 1 aromatic rings. The first-order valence-electron chi connectivity index (χ1n) is 4.90. The van der Waals surface area contributed by atoms with Gasteiger partial charge in [-0.15, -0.1) is 0 Å². The van der Waals surface area contributed by atoms with Gasteiger partial charge in [0.25, 0.3) is 0 Å². The molecular weight excluding hydrogens is 270 g/mol. The Hall–Kier alpha value is -1.07. The molecule has 88 valence electrons. The van der Waals surface area contributed by atoms with E-state index in [1.165, 1.54) is 0 Å². The van der Waals surface area contributed by atoms with E-state index in [-0.39, 0.29) is 5.84 Å². The number of nitrogens with one attached hydrogen (secondary N) is 1. The highest BCUT2D eigenvalue weighted by atomic mass is 79.9. The molecule has 0 radical (unpaired) electrons. The molecule has 0 bridgehead atoms. The van der Waals surface area contributed by atoms with E-state index in [2.05, 4.69) is 20.8 Å². The number of methoxy groups -OCH3 is 1. The Balaban J connectivity index is 2.85. The van der Waals surface area contributed by atoms with E-state index in [0.717, 1.165) is 22.3 Å². The highest BCUT2D eigenvalue weighted by Crippen LogP contribution is 2.26. The summed E-state index contributed by atoms with van der Waals surface area (Å²) in [4.78, 5) is 2.08. The fourth-order valence-electron chi connectivity index (χ4n) is 1.33. The molecule has 0 spiro atoms. The van der Waals surface area contributed by atoms with Crippen LogP contribution in [-0.2, 0) is 4.74 Å². The molecule has 0 atom stereocenters. The topological polar surface area (TPSA) is 62.3 Å². The van der Waals surface area contributed by atoms with E-state index in [1.54, 1.807) is 7.11 Å². The van der Waals surface area contributed by atoms with E-state index in [0.29, 0.717) is 6.61 Å². The van der Waals surface area contributed by atoms with Crippen molar-refractivity contribution in [3.63, 3.8) is 0 Å². The average Bonchev–Trinajstić information content (AvgIpc) is 2.25. The Bertz CT molecular complexity index is 381. The summed E-state index contributed by atoms with van der Waals surface area (Å²) < 4.78 is 5.95. The van der Waals surface area contributed by atoms with Crippen LogP contribution in [0.4, 0.5) is 5.69 Å². The molecule has 16 heavy (non-hydrogen) atoms. The molecule has 3 N–H and O–H groups in total. The molecule has 0 amide bonds. The summed E-state index contributed by atoms with van der Waals surface area (Å²) >= 11 is 3.47. The molecule has 0 fully saturated rings. The maximum Gasteiger partial charge on any atom is 0.122 e. The monoisotopic (exact) mass is 285 g/mol. The van der Waals surface area contributed by atoms with E-state index < -0.39 is 0 Å². The third-order valence-electron chi connectivity index (χ3n) is 2.30. The zero-order valence-corrected chi connectivity index (χ0v) is 11.0. The molecule has 5 heteroatoms. The van der Waals surface area contributed by atoms with Crippen LogP contribution in [0.25, 0.3) is 0 Å². The van der Waals surface area contributed by atoms with Gasteiger partial charge >= 0.3 is 0 Å². The van der Waals surface area contributed by atoms with Crippen LogP contribution in [0.1, 0.15) is 5.56 Å². The zero-order valence-electron chi connectivity index (χ0n) is 9.46. The van der Waals surface area contributed by atoms with E-state index in [1.807, 2.05) is 25.2 Å². The predicted molar refractivity (Wildman–Crippen MR) is 70.3 cm³/mol. The molecule has 0 aliphatic heterocycles. The molecule has 0 saturated heterocycles. The van der Waals surface area contributed by atoms with E-state index >= 15 is 0 Å². The van der Waals surface area contributed by atoms with Crippen LogP contribution in [-0.4, -0.2) is 33.1 Å². The van der Waals surface area contributed by atoms with Gasteiger partial charge in [-0.05, 0) is 34.1 Å². The standard InChI is InChI=1S/C11H16BrN3O/c1-15(5-6-16-2)10-4-3-8(11(13)14)7-9(10)12/h3-4,7H,5-6H2,1-2H3,(H3,13,14). The molecule has 0 aliphatic rings. The van der Waals surface area contributed by atoms with Crippen LogP contribution in [0, 0.1) is 5.41 Å². The van der Waals surface area contributed by atoms with Crippen LogP contribution in [0.15, 0.2) is 22.7 Å². The number of anilines is 1. The summed E-state index contributed by atoms with van der Waals surface area (Å²) in [5.74, 6) is 0.0757. The highest BCUT2D eigenvalue weighted by Gasteiger charge is 2.07. The molecular formula is C11H16BrN3O. The smallest absolute Gasteiger partial charge is 0.122 e. The van der Waals surface area contributed by atoms with Crippen molar-refractivity contribution in [2.45, 2.75) is 0 Å². The largest absolute Gasteiger partial charge is 0.384 e. The lowest BCUT2D eigenvalue weighted by molar-refractivity contribution is 0.206. The van der Waals surface area contributed by atoms with Crippen molar-refractivity contribution in [3.8, 4) is 0 Å². The van der Waals surface area contributed by atoms with Crippen molar-refractivity contribution in [3.05, 3.63) is 28.2 Å². The summed E-state index contributed by atoms with van der Waals surface area (Å²) in [5, 5.41) is 7.34. The first kappa shape index (κ1) is 13.0. The minimum Gasteiger partial charge on any atom is -0.384 e. The Labute approximate surface area is 104 Å². The van der Waals surface area contributed by atoms with Crippen molar-refractivity contribution in [1.82, 2.24) is 0 Å². The summed E-state index contributed by atoms with van der Waals surface area (Å²) in [6, 6.07) is 5.63. The minimum absolute atomic E-state index is 0.0757. The number of likely N-dealkylation sites (N-methyl/N-ethyl adjacent to an activating group) is 1. The Morgan fingerprint density at radius 1 is 1.56 bits per heavy atom. The molecule has 0 heterocycles. The van der Waals surface area contributed by atoms with Crippen molar-refractivity contribution in [2.75, 3.05) is 32.2 Å². The lowest BCUT2D eigenvalue weighted by Gasteiger charge is -2.20. The second kappa shape index (κ2) is 5.86. The number of benzene rings is 1. The number of hydrogen-bond acceptors (Lipinski definition) is 3. The second-order valence-corrected chi connectivity index (χ2v) is 4.35. The first-order chi connectivity index (χ1) is 7.56. The summed E-state index contributed by atoms with van der Waals surface area (Å²) in [5.41, 5.74) is 7.19. The normalized spacial score (nSPS) is 10.2. The number of nitrogen functional groups attached to an aromatic ring is 1. The average molecular weight is 286 g/mol. The van der Waals surface area contributed by atoms with Crippen LogP contribution in [0.3, 0.4) is 0 Å². The molecule has 0 saturated carbocycles. The van der Waals surface area contributed by atoms with Gasteiger partial charge in [-0.1, -0.05) is 0 Å². The number of amidine groups is 1. The number of ether oxygens (including phenoxy) is 1. The third kappa shape index (κ3) is 3.21. The lowest BCUT2D eigenvalue weighted by atomic mass is 10.2. The van der Waals surface area contributed by atoms with Gasteiger partial charge < -0.3 is 15.4 Å². The first-order valence-corrected chi connectivity index (χ1v) is 5.69. The van der Waals surface area contributed by atoms with Crippen LogP contribution in [0.2, 0.25) is 0 Å². The fourth-order valence-corrected chi connectivity index (χ4v) is 2.01. The fraction of sp³-hybridized carbons (Fsp3) is 0.364. The third-order valence-corrected chi connectivity index (χ3v) is 2.94. The molecule has 1 aromatic carbocycles. The van der Waals surface area contributed by atoms with Crippen molar-refractivity contribution >= 4 is 27.5 Å². The van der Waals surface area contributed by atoms with Gasteiger partial charge in [0.15, 0.2) is 0 Å². The lowest BCUT2D eigenvalue weighted by Crippen LogP contribution is -2.22. The predicted octanol–water partition coefficient (Wildman–Crippen LogP) is 1.82. The van der Waals surface area contributed by atoms with Gasteiger partial charge in [0.2, 0.25) is 0 Å². The highest BCUT2D eigenvalue weighted by molar-refractivity contribution is 9.10. The molecule has 0 aromatic heterocycles. The Kier molecular flexibility index (Phi) is 4.76. The van der Waals surface area contributed by atoms with Crippen LogP contribution in [0.5, 0.6) is 0 Å². The van der Waals surface area contributed by atoms with Gasteiger partial charge in [-0.3, -0.25) is 5.41 Å². The number of hydrogen-bond donors (Lipinski definition) is 2. The van der Waals surface area contributed by atoms with Crippen LogP contribution >= 0.6 is 15.9 Å². The van der Waals surface area contributed by atoms with E-state index in [9.17, 15) is 0 Å². The maximum absolute atomic E-state index is 7.34. The SMILES string of the molecule is COCCN(C)c1ccc(C(=N)N)cc1Br. The number of rotatable bonds is 5. The number of nitrogens with zero attached hydrogens (tertiary/aromatic N) is 1. The zero-order chi connectivity index (χ0) is 12.1. The van der Waals surface area contributed by atoms with Gasteiger partial charge in [0.1, 0.15) is 5.84 Å². The van der Waals surface area contributed by atoms with Gasteiger partial charge in [0, 0.05) is 30.7 Å². The number of nitrogens with two attached hydrogens (primary N) is 1. The van der Waals surface area contributed by atoms with Gasteiger partial charge in [0.05, 0.1) is 12.3 Å². The molecule has 4 nitrogen and oxygen atoms in total. The maximum atomic E-state index is 7.34. The minimum atomic E-state index is 0.0757. The van der Waals surface area contributed by atoms with Crippen molar-refractivity contribution in [2.24, 2.45) is 5.73 Å². The van der Waals surface area contributed by atoms with Gasteiger partial charge in [-0.2, -0.15) is 0 Å². The second-order valence-electron chi connectivity index (χ2n) is 3.49. The number of halogens is 1. The van der Waals surface area contributed by atoms with Crippen LogP contribution < -0.4 is 10.6 Å².